The zero-order valence-electron chi connectivity index (χ0n) is 80.5. The molecule has 0 aliphatic heterocycles. The molecule has 0 bridgehead atoms. The number of para-hydroxylation sites is 3. The first-order valence-corrected chi connectivity index (χ1v) is 50.7. The third-order valence-electron chi connectivity index (χ3n) is 33.5. The fourth-order valence-electron chi connectivity index (χ4n) is 26.6. The largest absolute Gasteiger partial charge is 0.313 e. The van der Waals surface area contributed by atoms with E-state index in [2.05, 4.69) is 495 Å². The number of aromatic nitrogens is 7. The lowest BCUT2D eigenvalue weighted by Gasteiger charge is -2.22. The van der Waals surface area contributed by atoms with E-state index in [9.17, 15) is 0 Å². The zero-order chi connectivity index (χ0) is 95.2. The van der Waals surface area contributed by atoms with Crippen molar-refractivity contribution in [3.05, 3.63) is 469 Å². The second kappa shape index (κ2) is 29.7. The molecular formula is C137H93N7. The van der Waals surface area contributed by atoms with Crippen LogP contribution in [0.15, 0.2) is 425 Å². The van der Waals surface area contributed by atoms with Crippen LogP contribution < -0.4 is 0 Å². The number of nitrogens with zero attached hydrogens (tertiary/aromatic N) is 7. The van der Waals surface area contributed by atoms with Crippen molar-refractivity contribution in [1.82, 2.24) is 32.8 Å². The SMILES string of the molecule is CC1(C)c2ccccc2-c2ccc(-n3c4ccccc4c4cc(-c5ccc6c(c5)c5c(n6-c6ccc(-c7nc(-c8ccccc8)nc8c7-c7ccc(-c9ccc(-n%10c%11ccc(-c%12ccc%13c(c%12)c%12ccccc%12n%13-c%12ccc%13c(c%12)C(C)(C)c%12ccccc%12-%13)cc%11c%11cc(-c%12ccc%13c(c%12)c%12ccccc%12n%13-c%12ccc%13c(c%12)C(C)(C)c%12ccccc%12-%13)ccc%11%10)cc9)c9cccc-8c79)cc6)CCC=C5)ccc43)cc21. The average Bonchev–Trinajstić information content (AvgIpc) is 1.54. The lowest BCUT2D eigenvalue weighted by atomic mass is 9.82. The van der Waals surface area contributed by atoms with E-state index < -0.39 is 0 Å². The summed E-state index contributed by atoms with van der Waals surface area (Å²) >= 11 is 0. The van der Waals surface area contributed by atoms with Gasteiger partial charge >= 0.3 is 0 Å². The third-order valence-corrected chi connectivity index (χ3v) is 33.5. The summed E-state index contributed by atoms with van der Waals surface area (Å²) in [5, 5.41) is 13.4. The fourth-order valence-corrected chi connectivity index (χ4v) is 26.6. The summed E-state index contributed by atoms with van der Waals surface area (Å²) in [4.78, 5) is 11.2. The van der Waals surface area contributed by atoms with Gasteiger partial charge in [-0.2, -0.15) is 0 Å². The van der Waals surface area contributed by atoms with Crippen LogP contribution in [0, 0.1) is 0 Å². The molecule has 0 spiro atoms. The molecule has 0 radical (unpaired) electrons. The quantitative estimate of drug-likeness (QED) is 0.130. The lowest BCUT2D eigenvalue weighted by Crippen LogP contribution is -2.15. The summed E-state index contributed by atoms with van der Waals surface area (Å²) in [6.07, 6.45) is 6.63. The second-order valence-electron chi connectivity index (χ2n) is 42.1. The minimum Gasteiger partial charge on any atom is -0.313 e. The van der Waals surface area contributed by atoms with Crippen LogP contribution in [-0.2, 0) is 22.7 Å². The highest BCUT2D eigenvalue weighted by molar-refractivity contribution is 6.22. The highest BCUT2D eigenvalue weighted by atomic mass is 15.0. The van der Waals surface area contributed by atoms with Gasteiger partial charge in [-0.05, 0) is 292 Å². The number of benzene rings is 20. The van der Waals surface area contributed by atoms with E-state index in [4.69, 9.17) is 9.97 Å². The van der Waals surface area contributed by atoms with Crippen LogP contribution in [0.5, 0.6) is 0 Å². The van der Waals surface area contributed by atoms with Gasteiger partial charge in [-0.15, -0.1) is 0 Å². The molecule has 6 aromatic heterocycles. The van der Waals surface area contributed by atoms with Crippen molar-refractivity contribution < 1.29 is 0 Å². The van der Waals surface area contributed by atoms with Crippen molar-refractivity contribution in [3.8, 4) is 151 Å². The van der Waals surface area contributed by atoms with Crippen LogP contribution in [0.2, 0.25) is 0 Å². The zero-order valence-corrected chi connectivity index (χ0v) is 80.5. The van der Waals surface area contributed by atoms with Gasteiger partial charge < -0.3 is 22.8 Å². The first-order chi connectivity index (χ1) is 70.7. The van der Waals surface area contributed by atoms with Gasteiger partial charge in [-0.1, -0.05) is 321 Å². The maximum atomic E-state index is 5.64. The average molecular weight is 1840 g/mol. The molecular weight excluding hydrogens is 1740 g/mol. The molecule has 5 aliphatic rings. The van der Waals surface area contributed by atoms with Crippen LogP contribution in [0.25, 0.3) is 266 Å². The smallest absolute Gasteiger partial charge is 0.160 e. The van der Waals surface area contributed by atoms with Crippen molar-refractivity contribution in [2.75, 3.05) is 0 Å². The van der Waals surface area contributed by atoms with Crippen LogP contribution >= 0.6 is 0 Å². The molecule has 0 saturated carbocycles. The van der Waals surface area contributed by atoms with Crippen molar-refractivity contribution in [1.29, 1.82) is 0 Å². The number of fused-ring (bicyclic) bond motifs is 27. The maximum absolute atomic E-state index is 5.64. The topological polar surface area (TPSA) is 50.4 Å². The van der Waals surface area contributed by atoms with Gasteiger partial charge in [-0.25, -0.2) is 9.97 Å². The molecule has 144 heavy (non-hydrogen) atoms. The molecule has 26 aromatic rings. The fraction of sp³-hybridized carbons (Fsp3) is 0.0803. The monoisotopic (exact) mass is 1840 g/mol. The Hall–Kier alpha value is -17.8. The van der Waals surface area contributed by atoms with E-state index in [1.165, 1.54) is 215 Å². The minimum atomic E-state index is -0.131. The Balaban J connectivity index is 0.501. The summed E-state index contributed by atoms with van der Waals surface area (Å²) in [5.74, 6) is 0.701. The van der Waals surface area contributed by atoms with Gasteiger partial charge in [0.25, 0.3) is 0 Å². The van der Waals surface area contributed by atoms with Gasteiger partial charge in [0.2, 0.25) is 0 Å². The number of hydrogen-bond donors (Lipinski definition) is 0. The molecule has 7 heteroatoms. The Morgan fingerprint density at radius 3 is 0.979 bits per heavy atom. The Bertz CT molecular complexity index is 9950. The molecule has 0 unspecified atom stereocenters. The Labute approximate surface area is 833 Å². The highest BCUT2D eigenvalue weighted by Crippen LogP contribution is 2.57. The summed E-state index contributed by atoms with van der Waals surface area (Å²) < 4.78 is 12.4. The predicted octanol–water partition coefficient (Wildman–Crippen LogP) is 35.5. The van der Waals surface area contributed by atoms with Crippen molar-refractivity contribution in [2.45, 2.75) is 70.6 Å². The Kier molecular flexibility index (Phi) is 16.7. The summed E-state index contributed by atoms with van der Waals surface area (Å²) in [5.41, 5.74) is 51.4. The van der Waals surface area contributed by atoms with Crippen LogP contribution in [0.1, 0.15) is 92.6 Å². The molecule has 6 heterocycles. The van der Waals surface area contributed by atoms with Gasteiger partial charge in [0.05, 0.1) is 61.0 Å². The Morgan fingerprint density at radius 1 is 0.208 bits per heavy atom. The van der Waals surface area contributed by atoms with E-state index in [-0.39, 0.29) is 16.2 Å². The van der Waals surface area contributed by atoms with Crippen LogP contribution in [0.3, 0.4) is 0 Å². The molecule has 676 valence electrons. The van der Waals surface area contributed by atoms with Gasteiger partial charge in [0.1, 0.15) is 0 Å². The van der Waals surface area contributed by atoms with E-state index in [1.807, 2.05) is 0 Å². The van der Waals surface area contributed by atoms with Gasteiger partial charge in [-0.3, -0.25) is 0 Å². The molecule has 0 amide bonds. The molecule has 31 rings (SSSR count). The predicted molar refractivity (Wildman–Crippen MR) is 601 cm³/mol. The molecule has 0 fully saturated rings. The minimum absolute atomic E-state index is 0.106. The lowest BCUT2D eigenvalue weighted by molar-refractivity contribution is 0.660. The van der Waals surface area contributed by atoms with E-state index in [0.717, 1.165) is 96.7 Å². The van der Waals surface area contributed by atoms with Crippen molar-refractivity contribution in [2.24, 2.45) is 0 Å². The summed E-state index contributed by atoms with van der Waals surface area (Å²) in [6, 6.07) is 158. The molecule has 5 aliphatic carbocycles. The standard InChI is InChI=1S/C137H93N7/c1-135(2)114-36-17-10-27-95(114)98-60-57-91(77-117(98)135)142-121-40-21-14-31-102(121)109-72-84(48-66-125(109)142)83-47-65-124-108(71-83)101-30-13-20-39-120(101)140(124)90-55-45-81(46-56-90)132-131-106-64-63-94(105-34-24-35-107(130(105)106)133(131)139-134(138-132)82-25-8-7-9-26-82)80-43-53-89(54-44-80)141-128-69-51-87(85-49-67-126-110(73-85)103-32-15-22-41-122(103)143(126)92-58-61-99-96-28-11-18-37-115(96)136(3,4)118(99)78-92)75-112(128)113-76-88(52-70-129(113)141)86-50-68-127-111(74-86)104-33-16-23-42-123(104)144(127)93-59-62-100-97-29-12-19-38-116(97)137(5,6)119(100)79-93/h7-19,21-38,40-79H,20,39H2,1-6H3. The molecule has 20 aromatic carbocycles. The molecule has 0 atom stereocenters. The van der Waals surface area contributed by atoms with E-state index in [0.29, 0.717) is 5.82 Å². The van der Waals surface area contributed by atoms with Crippen molar-refractivity contribution >= 4 is 115 Å². The van der Waals surface area contributed by atoms with Crippen LogP contribution in [0.4, 0.5) is 0 Å². The highest BCUT2D eigenvalue weighted by Gasteiger charge is 2.40. The molecule has 0 N–H and O–H groups in total. The van der Waals surface area contributed by atoms with E-state index in [1.54, 1.807) is 0 Å². The number of hydrogen-bond acceptors (Lipinski definition) is 2. The first kappa shape index (κ1) is 81.1. The van der Waals surface area contributed by atoms with Gasteiger partial charge in [0.15, 0.2) is 5.82 Å². The van der Waals surface area contributed by atoms with Crippen molar-refractivity contribution in [3.63, 3.8) is 0 Å². The second-order valence-corrected chi connectivity index (χ2v) is 42.1. The summed E-state index contributed by atoms with van der Waals surface area (Å²) in [6.45, 7) is 14.2. The normalized spacial score (nSPS) is 14.1. The van der Waals surface area contributed by atoms with Gasteiger partial charge in [0, 0.05) is 127 Å². The third kappa shape index (κ3) is 11.4. The summed E-state index contributed by atoms with van der Waals surface area (Å²) in [7, 11) is 0. The molecule has 7 nitrogen and oxygen atoms in total. The first-order valence-electron chi connectivity index (χ1n) is 50.7. The number of rotatable bonds is 11. The molecule has 0 saturated heterocycles. The van der Waals surface area contributed by atoms with Crippen LogP contribution in [-0.4, -0.2) is 32.8 Å². The number of allylic oxidation sites excluding steroid dienone is 1. The Morgan fingerprint density at radius 2 is 0.528 bits per heavy atom. The van der Waals surface area contributed by atoms with E-state index >= 15 is 0 Å². The maximum Gasteiger partial charge on any atom is 0.160 e.